The number of nitrogens with one attached hydrogen (secondary N) is 4. The van der Waals surface area contributed by atoms with E-state index in [2.05, 4.69) is 36.8 Å². The summed E-state index contributed by atoms with van der Waals surface area (Å²) < 4.78 is 12.6. The Hall–Kier alpha value is -4.25. The number of carbonyl (C=O) groups is 3. The van der Waals surface area contributed by atoms with Crippen molar-refractivity contribution in [2.75, 3.05) is 51.3 Å². The molecule has 2 amide bonds. The Morgan fingerprint density at radius 1 is 1.10 bits per heavy atom. The number of benzene rings is 3. The van der Waals surface area contributed by atoms with Gasteiger partial charge >= 0.3 is 5.97 Å². The maximum Gasteiger partial charge on any atom is 0.323 e. The van der Waals surface area contributed by atoms with Crippen LogP contribution in [0.5, 0.6) is 11.5 Å². The number of aliphatic carboxylic acids is 1. The van der Waals surface area contributed by atoms with Crippen molar-refractivity contribution in [1.29, 1.82) is 5.41 Å². The Morgan fingerprint density at radius 2 is 1.87 bits per heavy atom. The van der Waals surface area contributed by atoms with Gasteiger partial charge in [0.1, 0.15) is 24.1 Å². The van der Waals surface area contributed by atoms with Crippen LogP contribution in [-0.2, 0) is 27.5 Å². The van der Waals surface area contributed by atoms with E-state index < -0.39 is 37.0 Å². The van der Waals surface area contributed by atoms with Gasteiger partial charge in [0.2, 0.25) is 5.91 Å². The van der Waals surface area contributed by atoms with E-state index in [1.165, 1.54) is 18.3 Å². The number of hydrogen-bond acceptors (Lipinski definition) is 11. The number of β-amino-alcohol motifs (C(OH)–C–C–N with tert-alkyl or cyclic N) is 1. The van der Waals surface area contributed by atoms with Gasteiger partial charge in [-0.1, -0.05) is 41.9 Å². The van der Waals surface area contributed by atoms with Gasteiger partial charge in [-0.05, 0) is 65.0 Å². The molecule has 1 aliphatic rings. The normalized spacial score (nSPS) is 14.8. The average Bonchev–Trinajstić information content (AvgIpc) is 3.54. The summed E-state index contributed by atoms with van der Waals surface area (Å²) in [7, 11) is 0. The predicted molar refractivity (Wildman–Crippen MR) is 201 cm³/mol. The van der Waals surface area contributed by atoms with Crippen LogP contribution in [-0.4, -0.2) is 102 Å². The molecule has 0 aromatic heterocycles. The summed E-state index contributed by atoms with van der Waals surface area (Å²) in [4.78, 5) is 37.0. The summed E-state index contributed by atoms with van der Waals surface area (Å²) in [6.07, 6.45) is 3.91. The number of carbonyl (C=O) groups excluding carboxylic acids is 2. The molecule has 1 heterocycles. The molecule has 0 radical (unpaired) electrons. The number of carboxylic acids is 1. The fraction of sp³-hybridized carbons (Fsp3) is 0.389. The van der Waals surface area contributed by atoms with Gasteiger partial charge in [-0.15, -0.1) is 0 Å². The summed E-state index contributed by atoms with van der Waals surface area (Å²) in [5.41, 5.74) is 9.55. The number of unbranched alkanes of at least 4 members (excludes halogenated alkanes) is 1. The number of ether oxygens (including phenoxy) is 2. The van der Waals surface area contributed by atoms with Gasteiger partial charge < -0.3 is 51.5 Å². The maximum absolute atomic E-state index is 12.2. The van der Waals surface area contributed by atoms with Crippen molar-refractivity contribution in [3.05, 3.63) is 74.7 Å². The Labute approximate surface area is 315 Å². The minimum Gasteiger partial charge on any atom is -0.487 e. The molecule has 1 fully saturated rings. The van der Waals surface area contributed by atoms with E-state index in [4.69, 9.17) is 32.2 Å². The van der Waals surface area contributed by atoms with E-state index >= 15 is 0 Å². The fourth-order valence-electron chi connectivity index (χ4n) is 5.67. The third-order valence-electron chi connectivity index (χ3n) is 8.42. The Balaban J connectivity index is 1.48. The molecule has 0 aliphatic carbocycles. The first-order chi connectivity index (χ1) is 25.0. The van der Waals surface area contributed by atoms with Gasteiger partial charge in [0, 0.05) is 65.3 Å². The molecule has 0 spiro atoms. The number of amides is 2. The molecule has 9 N–H and O–H groups in total. The summed E-state index contributed by atoms with van der Waals surface area (Å²) in [6.45, 7) is 1.86. The van der Waals surface area contributed by atoms with Crippen LogP contribution in [0.25, 0.3) is 11.1 Å². The van der Waals surface area contributed by atoms with Crippen molar-refractivity contribution < 1.29 is 39.2 Å². The Kier molecular flexibility index (Phi) is 15.7. The van der Waals surface area contributed by atoms with Gasteiger partial charge in [-0.3, -0.25) is 19.7 Å². The zero-order chi connectivity index (χ0) is 37.6. The van der Waals surface area contributed by atoms with Crippen molar-refractivity contribution >= 4 is 57.2 Å². The summed E-state index contributed by atoms with van der Waals surface area (Å²) in [5, 5.41) is 45.4. The van der Waals surface area contributed by atoms with Crippen molar-refractivity contribution in [3.8, 4) is 22.6 Å². The second-order valence-corrected chi connectivity index (χ2v) is 13.4. The number of primary amides is 1. The predicted octanol–water partition coefficient (Wildman–Crippen LogP) is 3.12. The standard InChI is InChI=1S/C36H44BrClN6O8/c37-35-22(5-3-7-26(35)25-6-4-8-29(27(25)15-39)41-10-1-2-11-44-12-9-24(46)18-44)20-51-32-14-31(52-21-34(48)43-17-33(40)47)23(13-28(32)38)16-42-30(19-45)36(49)50/h3-8,13-15,24,30,39,41-42,45-46H,1-2,9-12,16-21H2,(H2,40,47)(H,43,48)(H,49,50)/t24-,30+/m1/s1. The van der Waals surface area contributed by atoms with Crippen LogP contribution in [0.4, 0.5) is 5.69 Å². The highest BCUT2D eigenvalue weighted by Crippen LogP contribution is 2.37. The van der Waals surface area contributed by atoms with Crippen LogP contribution in [0, 0.1) is 5.41 Å². The van der Waals surface area contributed by atoms with E-state index in [9.17, 15) is 29.7 Å². The van der Waals surface area contributed by atoms with Crippen LogP contribution in [0.2, 0.25) is 5.02 Å². The molecule has 280 valence electrons. The van der Waals surface area contributed by atoms with Crippen LogP contribution in [0.3, 0.4) is 0 Å². The van der Waals surface area contributed by atoms with Gasteiger partial charge in [0.05, 0.1) is 24.3 Å². The van der Waals surface area contributed by atoms with Crippen LogP contribution in [0.1, 0.15) is 36.0 Å². The average molecular weight is 804 g/mol. The molecule has 4 rings (SSSR count). The van der Waals surface area contributed by atoms with E-state index in [1.54, 1.807) is 0 Å². The van der Waals surface area contributed by atoms with Crippen LogP contribution >= 0.6 is 27.5 Å². The van der Waals surface area contributed by atoms with E-state index in [1.807, 2.05) is 36.4 Å². The number of halogens is 2. The number of anilines is 1. The molecule has 14 nitrogen and oxygen atoms in total. The number of likely N-dealkylation sites (tertiary alicyclic amines) is 1. The zero-order valence-corrected chi connectivity index (χ0v) is 30.8. The lowest BCUT2D eigenvalue weighted by Crippen LogP contribution is -2.39. The molecule has 16 heteroatoms. The molecule has 0 bridgehead atoms. The largest absolute Gasteiger partial charge is 0.487 e. The number of nitrogens with two attached hydrogens (primary N) is 1. The number of aliphatic hydroxyl groups excluding tert-OH is 2. The van der Waals surface area contributed by atoms with Crippen LogP contribution < -0.4 is 31.2 Å². The zero-order valence-electron chi connectivity index (χ0n) is 28.5. The number of hydrogen-bond donors (Lipinski definition) is 8. The maximum atomic E-state index is 12.2. The first-order valence-electron chi connectivity index (χ1n) is 16.8. The first-order valence-corrected chi connectivity index (χ1v) is 17.9. The Morgan fingerprint density at radius 3 is 2.56 bits per heavy atom. The molecule has 3 aromatic carbocycles. The topological polar surface area (TPSA) is 220 Å². The van der Waals surface area contributed by atoms with Crippen molar-refractivity contribution in [3.63, 3.8) is 0 Å². The lowest BCUT2D eigenvalue weighted by molar-refractivity contribution is -0.140. The highest BCUT2D eigenvalue weighted by molar-refractivity contribution is 9.10. The number of rotatable bonds is 21. The van der Waals surface area contributed by atoms with E-state index in [-0.39, 0.29) is 42.3 Å². The number of carboxylic acid groups (broad SMARTS) is 1. The molecule has 2 atom stereocenters. The monoisotopic (exact) mass is 802 g/mol. The minimum atomic E-state index is -1.25. The quantitative estimate of drug-likeness (QED) is 0.0578. The fourth-order valence-corrected chi connectivity index (χ4v) is 6.50. The van der Waals surface area contributed by atoms with Gasteiger partial charge in [0.15, 0.2) is 6.61 Å². The molecule has 52 heavy (non-hydrogen) atoms. The lowest BCUT2D eigenvalue weighted by atomic mass is 9.97. The first kappa shape index (κ1) is 40.5. The highest BCUT2D eigenvalue weighted by Gasteiger charge is 2.21. The summed E-state index contributed by atoms with van der Waals surface area (Å²) in [5.74, 6) is -2.21. The third kappa shape index (κ3) is 11.6. The van der Waals surface area contributed by atoms with Crippen molar-refractivity contribution in [1.82, 2.24) is 15.5 Å². The van der Waals surface area contributed by atoms with Gasteiger partial charge in [-0.2, -0.15) is 0 Å². The third-order valence-corrected chi connectivity index (χ3v) is 9.65. The molecular weight excluding hydrogens is 760 g/mol. The van der Waals surface area contributed by atoms with Crippen molar-refractivity contribution in [2.45, 2.75) is 44.6 Å². The molecule has 3 aromatic rings. The number of aliphatic hydroxyl groups is 2. The minimum absolute atomic E-state index is 0.0712. The van der Waals surface area contributed by atoms with E-state index in [0.717, 1.165) is 77.9 Å². The van der Waals surface area contributed by atoms with Gasteiger partial charge in [-0.25, -0.2) is 0 Å². The second-order valence-electron chi connectivity index (χ2n) is 12.2. The SMILES string of the molecule is N=Cc1c(NCCCCN2CC[C@@H](O)C2)cccc1-c1cccc(COc2cc(OCC(=O)NCC(N)=O)c(CN[C@@H](CO)C(=O)O)cc2Cl)c1Br. The van der Waals surface area contributed by atoms with Gasteiger partial charge in [0.25, 0.3) is 5.91 Å². The van der Waals surface area contributed by atoms with Crippen molar-refractivity contribution in [2.24, 2.45) is 5.73 Å². The molecule has 1 saturated heterocycles. The molecule has 0 saturated carbocycles. The summed E-state index contributed by atoms with van der Waals surface area (Å²) >= 11 is 10.3. The lowest BCUT2D eigenvalue weighted by Gasteiger charge is -2.18. The molecular formula is C36H44BrClN6O8. The highest BCUT2D eigenvalue weighted by atomic mass is 79.9. The smallest absolute Gasteiger partial charge is 0.323 e. The summed E-state index contributed by atoms with van der Waals surface area (Å²) in [6, 6.07) is 13.3. The number of nitrogens with zero attached hydrogens (tertiary/aromatic N) is 1. The molecule has 1 aliphatic heterocycles. The Bertz CT molecular complexity index is 1730. The van der Waals surface area contributed by atoms with E-state index in [0.29, 0.717) is 5.56 Å². The van der Waals surface area contributed by atoms with Crippen LogP contribution in [0.15, 0.2) is 53.0 Å². The molecule has 0 unspecified atom stereocenters. The second kappa shape index (κ2) is 20.1.